The van der Waals surface area contributed by atoms with Gasteiger partial charge in [-0.1, -0.05) is 48.5 Å². The number of rotatable bonds is 8. The van der Waals surface area contributed by atoms with Crippen LogP contribution < -0.4 is 10.6 Å². The maximum atomic E-state index is 12.7. The Morgan fingerprint density at radius 3 is 1.94 bits per heavy atom. The van der Waals surface area contributed by atoms with Crippen LogP contribution >= 0.6 is 0 Å². The first-order valence-corrected chi connectivity index (χ1v) is 11.5. The molecule has 172 valence electrons. The van der Waals surface area contributed by atoms with Gasteiger partial charge in [0.15, 0.2) is 0 Å². The number of amides is 2. The number of alkyl carbamates (subject to hydrolysis) is 1. The molecule has 0 bridgehead atoms. The van der Waals surface area contributed by atoms with Gasteiger partial charge in [0.25, 0.3) is 0 Å². The lowest BCUT2D eigenvalue weighted by Gasteiger charge is -2.42. The van der Waals surface area contributed by atoms with Gasteiger partial charge in [-0.3, -0.25) is 9.59 Å². The van der Waals surface area contributed by atoms with E-state index in [0.717, 1.165) is 17.5 Å². The largest absolute Gasteiger partial charge is 0.481 e. The van der Waals surface area contributed by atoms with Gasteiger partial charge in [0.2, 0.25) is 5.91 Å². The van der Waals surface area contributed by atoms with Crippen LogP contribution in [0.25, 0.3) is 11.1 Å². The summed E-state index contributed by atoms with van der Waals surface area (Å²) in [5.41, 5.74) is 3.41. The van der Waals surface area contributed by atoms with Gasteiger partial charge in [0, 0.05) is 12.3 Å². The number of carboxylic acids is 1. The van der Waals surface area contributed by atoms with E-state index in [1.807, 2.05) is 24.3 Å². The number of hydrogen-bond donors (Lipinski definition) is 3. The van der Waals surface area contributed by atoms with E-state index in [1.165, 1.54) is 11.1 Å². The van der Waals surface area contributed by atoms with Crippen LogP contribution in [0.5, 0.6) is 0 Å². The second-order valence-electron chi connectivity index (χ2n) is 9.66. The van der Waals surface area contributed by atoms with Crippen molar-refractivity contribution in [3.63, 3.8) is 0 Å². The smallest absolute Gasteiger partial charge is 0.407 e. The number of benzene rings is 2. The molecule has 0 aliphatic heterocycles. The molecule has 2 saturated carbocycles. The van der Waals surface area contributed by atoms with Crippen LogP contribution in [0.15, 0.2) is 48.5 Å². The highest BCUT2D eigenvalue weighted by Crippen LogP contribution is 2.45. The molecule has 0 saturated heterocycles. The number of ether oxygens (including phenoxy) is 1. The summed E-state index contributed by atoms with van der Waals surface area (Å²) in [5, 5.41) is 14.9. The van der Waals surface area contributed by atoms with Crippen LogP contribution in [0.2, 0.25) is 0 Å². The summed E-state index contributed by atoms with van der Waals surface area (Å²) in [4.78, 5) is 36.4. The van der Waals surface area contributed by atoms with Gasteiger partial charge >= 0.3 is 12.1 Å². The van der Waals surface area contributed by atoms with Crippen molar-refractivity contribution >= 4 is 18.0 Å². The molecule has 3 N–H and O–H groups in total. The van der Waals surface area contributed by atoms with E-state index in [4.69, 9.17) is 9.84 Å². The van der Waals surface area contributed by atoms with E-state index in [2.05, 4.69) is 34.9 Å². The molecule has 7 nitrogen and oxygen atoms in total. The van der Waals surface area contributed by atoms with Gasteiger partial charge in [-0.05, 0) is 54.4 Å². The van der Waals surface area contributed by atoms with Crippen molar-refractivity contribution < 1.29 is 24.2 Å². The third-order valence-electron chi connectivity index (χ3n) is 7.27. The highest BCUT2D eigenvalue weighted by Gasteiger charge is 2.48. The van der Waals surface area contributed by atoms with E-state index < -0.39 is 23.1 Å². The molecule has 2 fully saturated rings. The molecule has 0 spiro atoms. The van der Waals surface area contributed by atoms with E-state index in [-0.39, 0.29) is 31.3 Å². The minimum absolute atomic E-state index is 0.0190. The number of fused-ring (bicyclic) bond motifs is 3. The Kier molecular flexibility index (Phi) is 5.35. The normalized spacial score (nSPS) is 18.9. The van der Waals surface area contributed by atoms with Crippen LogP contribution in [0.1, 0.15) is 62.0 Å². The summed E-state index contributed by atoms with van der Waals surface area (Å²) >= 11 is 0. The second kappa shape index (κ2) is 8.21. The molecule has 0 heterocycles. The van der Waals surface area contributed by atoms with Crippen molar-refractivity contribution in [3.05, 3.63) is 59.7 Å². The molecule has 2 aromatic rings. The third-order valence-corrected chi connectivity index (χ3v) is 7.27. The second-order valence-corrected chi connectivity index (χ2v) is 9.66. The minimum atomic E-state index is -0.914. The first-order chi connectivity index (χ1) is 15.9. The zero-order chi connectivity index (χ0) is 23.1. The Morgan fingerprint density at radius 2 is 1.42 bits per heavy atom. The molecular weight excluding hydrogens is 420 g/mol. The number of carboxylic acid groups (broad SMARTS) is 1. The minimum Gasteiger partial charge on any atom is -0.481 e. The zero-order valence-corrected chi connectivity index (χ0v) is 18.4. The molecule has 0 atom stereocenters. The molecule has 3 aliphatic rings. The number of carbonyl (C=O) groups is 3. The van der Waals surface area contributed by atoms with Gasteiger partial charge in [0.05, 0.1) is 17.5 Å². The number of aliphatic carboxylic acids is 1. The first-order valence-electron chi connectivity index (χ1n) is 11.5. The average molecular weight is 449 g/mol. The number of carbonyl (C=O) groups excluding carboxylic acids is 2. The third kappa shape index (κ3) is 4.32. The van der Waals surface area contributed by atoms with Gasteiger partial charge < -0.3 is 20.5 Å². The van der Waals surface area contributed by atoms with Gasteiger partial charge in [-0.25, -0.2) is 4.79 Å². The highest BCUT2D eigenvalue weighted by atomic mass is 16.5. The summed E-state index contributed by atoms with van der Waals surface area (Å²) in [7, 11) is 0. The van der Waals surface area contributed by atoms with Crippen LogP contribution in [-0.4, -0.2) is 40.8 Å². The molecule has 5 rings (SSSR count). The maximum Gasteiger partial charge on any atom is 0.407 e. The van der Waals surface area contributed by atoms with E-state index in [0.29, 0.717) is 25.7 Å². The lowest BCUT2D eigenvalue weighted by atomic mass is 9.74. The summed E-state index contributed by atoms with van der Waals surface area (Å²) in [6, 6.07) is 16.3. The topological polar surface area (TPSA) is 105 Å². The first kappa shape index (κ1) is 21.5. The average Bonchev–Trinajstić information content (AvgIpc) is 3.42. The van der Waals surface area contributed by atoms with E-state index in [9.17, 15) is 14.4 Å². The van der Waals surface area contributed by atoms with Crippen LogP contribution in [0.4, 0.5) is 4.79 Å². The molecule has 0 aromatic heterocycles. The zero-order valence-electron chi connectivity index (χ0n) is 18.4. The Hall–Kier alpha value is -3.35. The molecule has 0 radical (unpaired) electrons. The number of hydrogen-bond acceptors (Lipinski definition) is 4. The Morgan fingerprint density at radius 1 is 0.848 bits per heavy atom. The Labute approximate surface area is 192 Å². The molecule has 0 unspecified atom stereocenters. The van der Waals surface area contributed by atoms with Crippen molar-refractivity contribution in [1.82, 2.24) is 10.6 Å². The maximum absolute atomic E-state index is 12.7. The van der Waals surface area contributed by atoms with Crippen LogP contribution in [0.3, 0.4) is 0 Å². The Bertz CT molecular complexity index is 1060. The van der Waals surface area contributed by atoms with Crippen molar-refractivity contribution in [2.45, 2.75) is 61.9 Å². The van der Waals surface area contributed by atoms with Crippen molar-refractivity contribution in [1.29, 1.82) is 0 Å². The fraction of sp³-hybridized carbons (Fsp3) is 0.423. The van der Waals surface area contributed by atoms with Gasteiger partial charge in [-0.2, -0.15) is 0 Å². The summed E-state index contributed by atoms with van der Waals surface area (Å²) < 4.78 is 5.66. The van der Waals surface area contributed by atoms with E-state index >= 15 is 0 Å². The van der Waals surface area contributed by atoms with Crippen molar-refractivity contribution in [3.8, 4) is 11.1 Å². The Balaban J connectivity index is 1.19. The summed E-state index contributed by atoms with van der Waals surface area (Å²) in [6.45, 7) is 0.226. The lowest BCUT2D eigenvalue weighted by molar-refractivity contribution is -0.138. The molecule has 33 heavy (non-hydrogen) atoms. The molecule has 7 heteroatoms. The van der Waals surface area contributed by atoms with Crippen LogP contribution in [0, 0.1) is 0 Å². The van der Waals surface area contributed by atoms with Gasteiger partial charge in [0.1, 0.15) is 6.61 Å². The van der Waals surface area contributed by atoms with Gasteiger partial charge in [-0.15, -0.1) is 0 Å². The highest BCUT2D eigenvalue weighted by molar-refractivity contribution is 5.82. The molecular formula is C26H28N2O5. The predicted molar refractivity (Wildman–Crippen MR) is 122 cm³/mol. The molecule has 2 aromatic carbocycles. The lowest BCUT2D eigenvalue weighted by Crippen LogP contribution is -2.56. The quantitative estimate of drug-likeness (QED) is 0.567. The summed E-state index contributed by atoms with van der Waals surface area (Å²) in [6.07, 6.45) is 3.25. The SMILES string of the molecule is O=C(O)CC1(NC(=O)CC2(NC(=O)OCC3c4ccccc4-c4ccccc43)CCC2)CC1. The number of nitrogens with one attached hydrogen (secondary N) is 2. The van der Waals surface area contributed by atoms with Crippen LogP contribution in [-0.2, 0) is 14.3 Å². The van der Waals surface area contributed by atoms with Crippen molar-refractivity contribution in [2.75, 3.05) is 6.61 Å². The summed E-state index contributed by atoms with van der Waals surface area (Å²) in [5.74, 6) is -1.15. The molecule has 3 aliphatic carbocycles. The fourth-order valence-corrected chi connectivity index (χ4v) is 5.23. The molecule has 2 amide bonds. The predicted octanol–water partition coefficient (Wildman–Crippen LogP) is 3.96. The fourth-order valence-electron chi connectivity index (χ4n) is 5.23. The van der Waals surface area contributed by atoms with Crippen molar-refractivity contribution in [2.24, 2.45) is 0 Å². The monoisotopic (exact) mass is 448 g/mol. The van der Waals surface area contributed by atoms with E-state index in [1.54, 1.807) is 0 Å². The standard InChI is InChI=1S/C26H28N2O5/c29-22(27-26(12-13-26)15-23(30)31)14-25(10-5-11-25)28-24(32)33-16-21-19-8-3-1-6-17(19)18-7-2-4-9-20(18)21/h1-4,6-9,21H,5,10-16H2,(H,27,29)(H,28,32)(H,30,31).